The SMILES string of the molecule is O=C1CN(C(=O)C2CCCC(C(=O)O)C2)CCN1. The first-order chi connectivity index (χ1) is 8.58. The Hall–Kier alpha value is -1.59. The number of nitrogens with zero attached hydrogens (tertiary/aromatic N) is 1. The first-order valence-electron chi connectivity index (χ1n) is 6.36. The Morgan fingerprint density at radius 3 is 2.67 bits per heavy atom. The zero-order valence-electron chi connectivity index (χ0n) is 10.2. The Balaban J connectivity index is 1.95. The van der Waals surface area contributed by atoms with E-state index in [9.17, 15) is 14.4 Å². The van der Waals surface area contributed by atoms with Gasteiger partial charge in [0.2, 0.25) is 11.8 Å². The summed E-state index contributed by atoms with van der Waals surface area (Å²) in [6, 6.07) is 0. The number of carbonyl (C=O) groups is 3. The van der Waals surface area contributed by atoms with Gasteiger partial charge in [-0.15, -0.1) is 0 Å². The van der Waals surface area contributed by atoms with Gasteiger partial charge in [0.1, 0.15) is 0 Å². The average Bonchev–Trinajstić information content (AvgIpc) is 2.38. The topological polar surface area (TPSA) is 86.7 Å². The summed E-state index contributed by atoms with van der Waals surface area (Å²) in [6.07, 6.45) is 2.57. The maximum atomic E-state index is 12.2. The lowest BCUT2D eigenvalue weighted by Crippen LogP contribution is -2.52. The number of hydrogen-bond acceptors (Lipinski definition) is 3. The number of aliphatic carboxylic acids is 1. The normalized spacial score (nSPS) is 28.7. The van der Waals surface area contributed by atoms with Crippen LogP contribution in [-0.4, -0.2) is 47.4 Å². The molecular formula is C12H18N2O4. The molecule has 2 unspecified atom stereocenters. The van der Waals surface area contributed by atoms with E-state index in [1.165, 1.54) is 0 Å². The van der Waals surface area contributed by atoms with Crippen LogP contribution in [0.2, 0.25) is 0 Å². The van der Waals surface area contributed by atoms with Crippen molar-refractivity contribution in [3.63, 3.8) is 0 Å². The third-order valence-electron chi connectivity index (χ3n) is 3.72. The molecule has 0 aromatic heterocycles. The van der Waals surface area contributed by atoms with E-state index in [0.29, 0.717) is 25.9 Å². The van der Waals surface area contributed by atoms with Crippen LogP contribution in [0, 0.1) is 11.8 Å². The van der Waals surface area contributed by atoms with E-state index in [2.05, 4.69) is 5.32 Å². The Bertz CT molecular complexity index is 369. The Kier molecular flexibility index (Phi) is 3.84. The molecule has 6 nitrogen and oxygen atoms in total. The van der Waals surface area contributed by atoms with Crippen LogP contribution in [0.3, 0.4) is 0 Å². The van der Waals surface area contributed by atoms with Crippen LogP contribution in [0.4, 0.5) is 0 Å². The molecule has 2 atom stereocenters. The second-order valence-electron chi connectivity index (χ2n) is 5.01. The van der Waals surface area contributed by atoms with Crippen molar-refractivity contribution in [3.05, 3.63) is 0 Å². The number of rotatable bonds is 2. The first-order valence-corrected chi connectivity index (χ1v) is 6.36. The van der Waals surface area contributed by atoms with E-state index in [1.54, 1.807) is 4.90 Å². The van der Waals surface area contributed by atoms with Gasteiger partial charge in [-0.1, -0.05) is 6.42 Å². The number of carboxylic acid groups (broad SMARTS) is 1. The largest absolute Gasteiger partial charge is 0.481 e. The highest BCUT2D eigenvalue weighted by molar-refractivity contribution is 5.87. The lowest BCUT2D eigenvalue weighted by molar-refractivity contribution is -0.147. The summed E-state index contributed by atoms with van der Waals surface area (Å²) in [6.45, 7) is 1.12. The molecule has 100 valence electrons. The van der Waals surface area contributed by atoms with E-state index in [1.807, 2.05) is 0 Å². The molecule has 0 spiro atoms. The molecule has 0 radical (unpaired) electrons. The van der Waals surface area contributed by atoms with Crippen LogP contribution in [0.25, 0.3) is 0 Å². The molecule has 1 aliphatic carbocycles. The number of nitrogens with one attached hydrogen (secondary N) is 1. The van der Waals surface area contributed by atoms with Gasteiger partial charge in [0.05, 0.1) is 12.5 Å². The lowest BCUT2D eigenvalue weighted by Gasteiger charge is -2.33. The molecule has 1 aliphatic heterocycles. The molecule has 0 bridgehead atoms. The molecule has 2 amide bonds. The van der Waals surface area contributed by atoms with Gasteiger partial charge in [0.15, 0.2) is 0 Å². The number of piperazine rings is 1. The van der Waals surface area contributed by atoms with E-state index >= 15 is 0 Å². The number of carbonyl (C=O) groups excluding carboxylic acids is 2. The van der Waals surface area contributed by atoms with Crippen molar-refractivity contribution in [3.8, 4) is 0 Å². The molecule has 2 N–H and O–H groups in total. The van der Waals surface area contributed by atoms with Gasteiger partial charge in [-0.05, 0) is 19.3 Å². The van der Waals surface area contributed by atoms with Gasteiger partial charge >= 0.3 is 5.97 Å². The summed E-state index contributed by atoms with van der Waals surface area (Å²) in [5.74, 6) is -1.66. The standard InChI is InChI=1S/C12H18N2O4/c15-10-7-14(5-4-13-10)11(16)8-2-1-3-9(6-8)12(17)18/h8-9H,1-7H2,(H,13,15)(H,17,18). The van der Waals surface area contributed by atoms with Gasteiger partial charge in [-0.2, -0.15) is 0 Å². The summed E-state index contributed by atoms with van der Waals surface area (Å²) < 4.78 is 0. The third kappa shape index (κ3) is 2.80. The van der Waals surface area contributed by atoms with Gasteiger partial charge in [0, 0.05) is 19.0 Å². The van der Waals surface area contributed by atoms with Crippen molar-refractivity contribution in [1.29, 1.82) is 0 Å². The molecule has 2 aliphatic rings. The van der Waals surface area contributed by atoms with Crippen LogP contribution < -0.4 is 5.32 Å². The van der Waals surface area contributed by atoms with Crippen LogP contribution in [0.5, 0.6) is 0 Å². The second-order valence-corrected chi connectivity index (χ2v) is 5.01. The molecule has 1 heterocycles. The van der Waals surface area contributed by atoms with Gasteiger partial charge in [-0.3, -0.25) is 14.4 Å². The average molecular weight is 254 g/mol. The quantitative estimate of drug-likeness (QED) is 0.716. The molecule has 0 aromatic rings. The number of amides is 2. The first kappa shape index (κ1) is 12.9. The molecule has 18 heavy (non-hydrogen) atoms. The molecule has 6 heteroatoms. The summed E-state index contributed by atoms with van der Waals surface area (Å²) in [4.78, 5) is 36.0. The zero-order valence-corrected chi connectivity index (χ0v) is 10.2. The molecule has 2 rings (SSSR count). The minimum atomic E-state index is -0.816. The highest BCUT2D eigenvalue weighted by atomic mass is 16.4. The van der Waals surface area contributed by atoms with Gasteiger partial charge in [-0.25, -0.2) is 0 Å². The van der Waals surface area contributed by atoms with Gasteiger partial charge < -0.3 is 15.3 Å². The van der Waals surface area contributed by atoms with Crippen LogP contribution in [0.15, 0.2) is 0 Å². The molecule has 0 aromatic carbocycles. The molecule has 1 saturated heterocycles. The maximum Gasteiger partial charge on any atom is 0.306 e. The lowest BCUT2D eigenvalue weighted by atomic mass is 9.80. The van der Waals surface area contributed by atoms with Crippen molar-refractivity contribution in [1.82, 2.24) is 10.2 Å². The van der Waals surface area contributed by atoms with Crippen molar-refractivity contribution in [2.45, 2.75) is 25.7 Å². The van der Waals surface area contributed by atoms with Crippen LogP contribution in [-0.2, 0) is 14.4 Å². The Morgan fingerprint density at radius 1 is 1.28 bits per heavy atom. The highest BCUT2D eigenvalue weighted by Crippen LogP contribution is 2.30. The monoisotopic (exact) mass is 254 g/mol. The highest BCUT2D eigenvalue weighted by Gasteiger charge is 2.34. The fourth-order valence-corrected chi connectivity index (χ4v) is 2.72. The van der Waals surface area contributed by atoms with E-state index < -0.39 is 11.9 Å². The molecule has 1 saturated carbocycles. The fourth-order valence-electron chi connectivity index (χ4n) is 2.72. The summed E-state index contributed by atoms with van der Waals surface area (Å²) in [7, 11) is 0. The second kappa shape index (κ2) is 5.37. The summed E-state index contributed by atoms with van der Waals surface area (Å²) >= 11 is 0. The van der Waals surface area contributed by atoms with Crippen LogP contribution in [0.1, 0.15) is 25.7 Å². The van der Waals surface area contributed by atoms with Crippen molar-refractivity contribution >= 4 is 17.8 Å². The minimum Gasteiger partial charge on any atom is -0.481 e. The summed E-state index contributed by atoms with van der Waals surface area (Å²) in [5, 5.41) is 11.7. The van der Waals surface area contributed by atoms with Crippen molar-refractivity contribution in [2.75, 3.05) is 19.6 Å². The third-order valence-corrected chi connectivity index (χ3v) is 3.72. The van der Waals surface area contributed by atoms with E-state index in [-0.39, 0.29) is 24.3 Å². The maximum absolute atomic E-state index is 12.2. The van der Waals surface area contributed by atoms with E-state index in [4.69, 9.17) is 5.11 Å². The Morgan fingerprint density at radius 2 is 2.00 bits per heavy atom. The molecule has 2 fully saturated rings. The predicted molar refractivity (Wildman–Crippen MR) is 62.7 cm³/mol. The van der Waals surface area contributed by atoms with E-state index in [0.717, 1.165) is 12.8 Å². The zero-order chi connectivity index (χ0) is 13.1. The Labute approximate surface area is 105 Å². The van der Waals surface area contributed by atoms with Crippen LogP contribution >= 0.6 is 0 Å². The van der Waals surface area contributed by atoms with Crippen molar-refractivity contribution < 1.29 is 19.5 Å². The number of carboxylic acids is 1. The smallest absolute Gasteiger partial charge is 0.306 e. The van der Waals surface area contributed by atoms with Crippen molar-refractivity contribution in [2.24, 2.45) is 11.8 Å². The molecular weight excluding hydrogens is 236 g/mol. The van der Waals surface area contributed by atoms with Gasteiger partial charge in [0.25, 0.3) is 0 Å². The fraction of sp³-hybridized carbons (Fsp3) is 0.750. The predicted octanol–water partition coefficient (Wildman–Crippen LogP) is -0.164. The summed E-state index contributed by atoms with van der Waals surface area (Å²) in [5.41, 5.74) is 0. The minimum absolute atomic E-state index is 0.0594. The number of hydrogen-bond donors (Lipinski definition) is 2.